The summed E-state index contributed by atoms with van der Waals surface area (Å²) in [5.41, 5.74) is 0.483. The van der Waals surface area contributed by atoms with Gasteiger partial charge >= 0.3 is 0 Å². The topological polar surface area (TPSA) is 21.6 Å². The van der Waals surface area contributed by atoms with Crippen LogP contribution in [0.1, 0.15) is 10.4 Å². The van der Waals surface area contributed by atoms with E-state index in [0.717, 1.165) is 4.88 Å². The molecule has 0 spiro atoms. The van der Waals surface area contributed by atoms with Crippen LogP contribution in [0.4, 0.5) is 4.39 Å². The molecule has 0 radical (unpaired) electrons. The van der Waals surface area contributed by atoms with Crippen molar-refractivity contribution < 1.29 is 9.23 Å². The Bertz CT molecular complexity index is 513. The molecule has 0 amide bonds. The van der Waals surface area contributed by atoms with Crippen molar-refractivity contribution >= 4 is 33.5 Å². The van der Waals surface area contributed by atoms with E-state index in [1.54, 1.807) is 29.7 Å². The van der Waals surface area contributed by atoms with Crippen molar-refractivity contribution in [2.75, 3.05) is 0 Å². The van der Waals surface area contributed by atoms with E-state index in [9.17, 15) is 4.39 Å². The number of halogens is 2. The Balaban J connectivity index is 1.90. The van der Waals surface area contributed by atoms with Gasteiger partial charge in [-0.3, -0.25) is 0 Å². The largest absolute Gasteiger partial charge is 0.391 e. The molecule has 88 valence electrons. The molecule has 0 unspecified atom stereocenters. The third kappa shape index (κ3) is 3.64. The third-order valence-corrected chi connectivity index (χ3v) is 3.33. The average Bonchev–Trinajstić information content (AvgIpc) is 2.79. The second-order valence-corrected chi connectivity index (χ2v) is 5.15. The number of thiophene rings is 1. The molecule has 0 aliphatic heterocycles. The predicted octanol–water partition coefficient (Wildman–Crippen LogP) is 4.20. The van der Waals surface area contributed by atoms with Gasteiger partial charge in [-0.1, -0.05) is 33.2 Å². The van der Waals surface area contributed by atoms with E-state index >= 15 is 0 Å². The van der Waals surface area contributed by atoms with Crippen LogP contribution in [0.3, 0.4) is 0 Å². The molecule has 0 fully saturated rings. The van der Waals surface area contributed by atoms with Gasteiger partial charge in [0, 0.05) is 14.9 Å². The van der Waals surface area contributed by atoms with Crippen LogP contribution in [-0.2, 0) is 11.4 Å². The Labute approximate surface area is 111 Å². The summed E-state index contributed by atoms with van der Waals surface area (Å²) in [5, 5.41) is 5.73. The molecule has 0 N–H and O–H groups in total. The Morgan fingerprint density at radius 2 is 2.29 bits per heavy atom. The minimum atomic E-state index is -0.300. The normalized spacial score (nSPS) is 10.9. The van der Waals surface area contributed by atoms with Gasteiger partial charge in [0.05, 0.1) is 6.21 Å². The Morgan fingerprint density at radius 3 is 3.00 bits per heavy atom. The SMILES string of the molecule is Fc1cc(Br)ccc1CO/N=C/c1cccs1. The fourth-order valence-electron chi connectivity index (χ4n) is 1.20. The number of oxime groups is 1. The lowest BCUT2D eigenvalue weighted by molar-refractivity contribution is 0.129. The first-order valence-corrected chi connectivity index (χ1v) is 6.56. The Morgan fingerprint density at radius 1 is 1.41 bits per heavy atom. The number of hydrogen-bond donors (Lipinski definition) is 0. The zero-order valence-corrected chi connectivity index (χ0v) is 11.2. The zero-order valence-electron chi connectivity index (χ0n) is 8.77. The number of benzene rings is 1. The molecule has 0 saturated heterocycles. The van der Waals surface area contributed by atoms with Crippen LogP contribution in [-0.4, -0.2) is 6.21 Å². The van der Waals surface area contributed by atoms with E-state index in [1.165, 1.54) is 6.07 Å². The van der Waals surface area contributed by atoms with E-state index < -0.39 is 0 Å². The van der Waals surface area contributed by atoms with Gasteiger partial charge in [-0.15, -0.1) is 11.3 Å². The first-order valence-electron chi connectivity index (χ1n) is 4.88. The van der Waals surface area contributed by atoms with E-state index in [4.69, 9.17) is 4.84 Å². The standard InChI is InChI=1S/C12H9BrFNOS/c13-10-4-3-9(12(14)6-10)8-16-15-7-11-2-1-5-17-11/h1-7H,8H2/b15-7+. The molecule has 17 heavy (non-hydrogen) atoms. The van der Waals surface area contributed by atoms with Crippen LogP contribution in [0, 0.1) is 5.82 Å². The summed E-state index contributed by atoms with van der Waals surface area (Å²) in [5.74, 6) is -0.300. The first-order chi connectivity index (χ1) is 8.25. The molecule has 2 nitrogen and oxygen atoms in total. The maximum Gasteiger partial charge on any atom is 0.145 e. The second kappa shape index (κ2) is 5.93. The summed E-state index contributed by atoms with van der Waals surface area (Å²) < 4.78 is 14.1. The smallest absolute Gasteiger partial charge is 0.145 e. The zero-order chi connectivity index (χ0) is 12.1. The molecule has 0 aliphatic rings. The first kappa shape index (κ1) is 12.3. The van der Waals surface area contributed by atoms with Crippen LogP contribution in [0.15, 0.2) is 45.3 Å². The summed E-state index contributed by atoms with van der Waals surface area (Å²) in [7, 11) is 0. The van der Waals surface area contributed by atoms with E-state index in [0.29, 0.717) is 10.0 Å². The maximum absolute atomic E-state index is 13.4. The lowest BCUT2D eigenvalue weighted by atomic mass is 10.2. The summed E-state index contributed by atoms with van der Waals surface area (Å²) in [6.45, 7) is 0.126. The van der Waals surface area contributed by atoms with Gasteiger partial charge in [-0.25, -0.2) is 4.39 Å². The van der Waals surface area contributed by atoms with E-state index in [-0.39, 0.29) is 12.4 Å². The van der Waals surface area contributed by atoms with Gasteiger partial charge in [0.25, 0.3) is 0 Å². The van der Waals surface area contributed by atoms with Gasteiger partial charge in [-0.05, 0) is 23.6 Å². The average molecular weight is 314 g/mol. The fraction of sp³-hybridized carbons (Fsp3) is 0.0833. The van der Waals surface area contributed by atoms with E-state index in [2.05, 4.69) is 21.1 Å². The molecule has 0 bridgehead atoms. The lowest BCUT2D eigenvalue weighted by Gasteiger charge is -2.01. The molecule has 2 aromatic rings. The molecule has 1 aromatic carbocycles. The third-order valence-electron chi connectivity index (χ3n) is 2.03. The van der Waals surface area contributed by atoms with Crippen LogP contribution < -0.4 is 0 Å². The van der Waals surface area contributed by atoms with Crippen molar-refractivity contribution in [3.05, 3.63) is 56.4 Å². The monoisotopic (exact) mass is 313 g/mol. The highest BCUT2D eigenvalue weighted by atomic mass is 79.9. The minimum Gasteiger partial charge on any atom is -0.391 e. The Kier molecular flexibility index (Phi) is 4.28. The molecule has 1 aromatic heterocycles. The van der Waals surface area contributed by atoms with E-state index in [1.807, 2.05) is 17.5 Å². The number of hydrogen-bond acceptors (Lipinski definition) is 3. The highest BCUT2D eigenvalue weighted by Gasteiger charge is 2.02. The summed E-state index contributed by atoms with van der Waals surface area (Å²) in [4.78, 5) is 6.04. The van der Waals surface area contributed by atoms with Crippen LogP contribution >= 0.6 is 27.3 Å². The number of rotatable bonds is 4. The second-order valence-electron chi connectivity index (χ2n) is 3.26. The van der Waals surface area contributed by atoms with Crippen LogP contribution in [0.25, 0.3) is 0 Å². The van der Waals surface area contributed by atoms with Crippen LogP contribution in [0.5, 0.6) is 0 Å². The molecule has 0 aliphatic carbocycles. The fourth-order valence-corrected chi connectivity index (χ4v) is 2.11. The summed E-state index contributed by atoms with van der Waals surface area (Å²) >= 11 is 4.76. The van der Waals surface area contributed by atoms with Crippen molar-refractivity contribution in [3.63, 3.8) is 0 Å². The molecule has 0 saturated carbocycles. The van der Waals surface area contributed by atoms with Crippen molar-refractivity contribution in [1.82, 2.24) is 0 Å². The van der Waals surface area contributed by atoms with Gasteiger partial charge in [0.1, 0.15) is 12.4 Å². The van der Waals surface area contributed by atoms with Crippen molar-refractivity contribution in [2.24, 2.45) is 5.16 Å². The molecule has 0 atom stereocenters. The highest BCUT2D eigenvalue weighted by Crippen LogP contribution is 2.16. The molecular formula is C12H9BrFNOS. The lowest BCUT2D eigenvalue weighted by Crippen LogP contribution is -1.92. The van der Waals surface area contributed by atoms with Crippen molar-refractivity contribution in [2.45, 2.75) is 6.61 Å². The van der Waals surface area contributed by atoms with Crippen molar-refractivity contribution in [3.8, 4) is 0 Å². The maximum atomic E-state index is 13.4. The van der Waals surface area contributed by atoms with Crippen molar-refractivity contribution in [1.29, 1.82) is 0 Å². The minimum absolute atomic E-state index is 0.126. The molecular weight excluding hydrogens is 305 g/mol. The molecule has 2 rings (SSSR count). The van der Waals surface area contributed by atoms with Gasteiger partial charge in [0.15, 0.2) is 0 Å². The molecule has 5 heteroatoms. The highest BCUT2D eigenvalue weighted by molar-refractivity contribution is 9.10. The summed E-state index contributed by atoms with van der Waals surface area (Å²) in [6, 6.07) is 8.70. The van der Waals surface area contributed by atoms with Gasteiger partial charge < -0.3 is 4.84 Å². The van der Waals surface area contributed by atoms with Crippen LogP contribution in [0.2, 0.25) is 0 Å². The summed E-state index contributed by atoms with van der Waals surface area (Å²) in [6.07, 6.45) is 1.61. The predicted molar refractivity (Wildman–Crippen MR) is 70.8 cm³/mol. The number of nitrogens with zero attached hydrogens (tertiary/aromatic N) is 1. The Hall–Kier alpha value is -1.20. The van der Waals surface area contributed by atoms with Gasteiger partial charge in [-0.2, -0.15) is 0 Å². The molecule has 1 heterocycles. The quantitative estimate of drug-likeness (QED) is 0.612. The van der Waals surface area contributed by atoms with Gasteiger partial charge in [0.2, 0.25) is 0 Å².